The first-order chi connectivity index (χ1) is 14.2. The molecule has 1 saturated heterocycles. The Bertz CT molecular complexity index is 1140. The van der Waals surface area contributed by atoms with Gasteiger partial charge in [-0.05, 0) is 37.1 Å². The number of nitrogens with zero attached hydrogens (tertiary/aromatic N) is 4. The van der Waals surface area contributed by atoms with Crippen molar-refractivity contribution in [1.29, 1.82) is 0 Å². The maximum Gasteiger partial charge on any atom is 0.416 e. The third kappa shape index (κ3) is 3.95. The van der Waals surface area contributed by atoms with Gasteiger partial charge in [0.05, 0.1) is 17.2 Å². The molecule has 10 heteroatoms. The monoisotopic (exact) mass is 419 g/mol. The molecule has 30 heavy (non-hydrogen) atoms. The highest BCUT2D eigenvalue weighted by Crippen LogP contribution is 2.32. The van der Waals surface area contributed by atoms with Gasteiger partial charge in [-0.3, -0.25) is 4.79 Å². The van der Waals surface area contributed by atoms with Crippen LogP contribution < -0.4 is 15.8 Å². The molecule has 158 valence electrons. The SMILES string of the molecule is Cn1ccc2nc(N3CCC(O)CC3)nc(Nc3cccc(C(F)(F)F)c3)c2c1=O. The van der Waals surface area contributed by atoms with Crippen molar-refractivity contribution in [2.24, 2.45) is 7.05 Å². The number of alkyl halides is 3. The van der Waals surface area contributed by atoms with Crippen molar-refractivity contribution in [3.05, 3.63) is 52.4 Å². The maximum atomic E-state index is 13.1. The van der Waals surface area contributed by atoms with Crippen LogP contribution in [0.25, 0.3) is 10.9 Å². The predicted molar refractivity (Wildman–Crippen MR) is 107 cm³/mol. The second-order valence-corrected chi connectivity index (χ2v) is 7.29. The maximum absolute atomic E-state index is 13.1. The fourth-order valence-corrected chi connectivity index (χ4v) is 3.43. The molecule has 1 aromatic carbocycles. The van der Waals surface area contributed by atoms with Crippen molar-refractivity contribution < 1.29 is 18.3 Å². The Morgan fingerprint density at radius 2 is 1.90 bits per heavy atom. The van der Waals surface area contributed by atoms with Crippen molar-refractivity contribution >= 4 is 28.4 Å². The number of nitrogens with one attached hydrogen (secondary N) is 1. The first-order valence-electron chi connectivity index (χ1n) is 9.47. The summed E-state index contributed by atoms with van der Waals surface area (Å²) >= 11 is 0. The lowest BCUT2D eigenvalue weighted by molar-refractivity contribution is -0.137. The summed E-state index contributed by atoms with van der Waals surface area (Å²) in [5, 5.41) is 12.8. The fourth-order valence-electron chi connectivity index (χ4n) is 3.43. The van der Waals surface area contributed by atoms with Crippen LogP contribution in [-0.4, -0.2) is 38.8 Å². The van der Waals surface area contributed by atoms with Crippen molar-refractivity contribution in [2.75, 3.05) is 23.3 Å². The van der Waals surface area contributed by atoms with Gasteiger partial charge < -0.3 is 19.9 Å². The van der Waals surface area contributed by atoms with Crippen molar-refractivity contribution in [3.8, 4) is 0 Å². The summed E-state index contributed by atoms with van der Waals surface area (Å²) in [7, 11) is 1.58. The van der Waals surface area contributed by atoms with Gasteiger partial charge in [0, 0.05) is 32.0 Å². The van der Waals surface area contributed by atoms with E-state index < -0.39 is 11.7 Å². The van der Waals surface area contributed by atoms with Crippen LogP contribution in [0.1, 0.15) is 18.4 Å². The summed E-state index contributed by atoms with van der Waals surface area (Å²) in [6, 6.07) is 6.39. The number of hydrogen-bond acceptors (Lipinski definition) is 6. The van der Waals surface area contributed by atoms with Gasteiger partial charge in [0.2, 0.25) is 5.95 Å². The zero-order valence-electron chi connectivity index (χ0n) is 16.1. The predicted octanol–water partition coefficient (Wildman–Crippen LogP) is 3.05. The number of aliphatic hydroxyl groups is 1. The van der Waals surface area contributed by atoms with E-state index in [4.69, 9.17) is 0 Å². The molecule has 0 bridgehead atoms. The topological polar surface area (TPSA) is 83.3 Å². The van der Waals surface area contributed by atoms with E-state index in [1.165, 1.54) is 16.7 Å². The summed E-state index contributed by atoms with van der Waals surface area (Å²) in [6.07, 6.45) is -2.16. The second-order valence-electron chi connectivity index (χ2n) is 7.29. The Morgan fingerprint density at radius 3 is 2.60 bits per heavy atom. The first kappa shape index (κ1) is 20.1. The summed E-state index contributed by atoms with van der Waals surface area (Å²) in [4.78, 5) is 23.6. The zero-order chi connectivity index (χ0) is 21.5. The molecule has 4 rings (SSSR count). The van der Waals surface area contributed by atoms with E-state index in [0.29, 0.717) is 37.4 Å². The number of aryl methyl sites for hydroxylation is 1. The van der Waals surface area contributed by atoms with Gasteiger partial charge in [-0.15, -0.1) is 0 Å². The van der Waals surface area contributed by atoms with Gasteiger partial charge in [0.25, 0.3) is 5.56 Å². The van der Waals surface area contributed by atoms with Crippen LogP contribution in [0.2, 0.25) is 0 Å². The Hall–Kier alpha value is -3.14. The molecule has 1 fully saturated rings. The molecular formula is C20H20F3N5O2. The Labute approximate surface area is 169 Å². The van der Waals surface area contributed by atoms with Crippen LogP contribution in [0.4, 0.5) is 30.6 Å². The summed E-state index contributed by atoms with van der Waals surface area (Å²) in [5.74, 6) is 0.499. The van der Waals surface area contributed by atoms with Gasteiger partial charge in [0.15, 0.2) is 0 Å². The molecule has 3 heterocycles. The molecule has 0 radical (unpaired) electrons. The molecule has 0 saturated carbocycles. The lowest BCUT2D eigenvalue weighted by Crippen LogP contribution is -2.37. The van der Waals surface area contributed by atoms with E-state index in [-0.39, 0.29) is 28.6 Å². The molecule has 2 N–H and O–H groups in total. The van der Waals surface area contributed by atoms with Crippen LogP contribution in [-0.2, 0) is 13.2 Å². The molecule has 3 aromatic rings. The molecule has 0 unspecified atom stereocenters. The van der Waals surface area contributed by atoms with Gasteiger partial charge >= 0.3 is 6.18 Å². The average molecular weight is 419 g/mol. The van der Waals surface area contributed by atoms with Crippen molar-refractivity contribution in [1.82, 2.24) is 14.5 Å². The molecular weight excluding hydrogens is 399 g/mol. The third-order valence-corrected chi connectivity index (χ3v) is 5.12. The minimum absolute atomic E-state index is 0.140. The number of piperidine rings is 1. The van der Waals surface area contributed by atoms with E-state index in [1.54, 1.807) is 19.3 Å². The molecule has 2 aromatic heterocycles. The molecule has 7 nitrogen and oxygen atoms in total. The van der Waals surface area contributed by atoms with Crippen molar-refractivity contribution in [2.45, 2.75) is 25.1 Å². The number of rotatable bonds is 3. The van der Waals surface area contributed by atoms with Crippen LogP contribution in [0.15, 0.2) is 41.3 Å². The summed E-state index contributed by atoms with van der Waals surface area (Å²) < 4.78 is 40.6. The van der Waals surface area contributed by atoms with Gasteiger partial charge in [-0.2, -0.15) is 18.2 Å². The number of pyridine rings is 1. The summed E-state index contributed by atoms with van der Waals surface area (Å²) in [6.45, 7) is 1.08. The highest BCUT2D eigenvalue weighted by Gasteiger charge is 2.30. The lowest BCUT2D eigenvalue weighted by Gasteiger charge is -2.30. The van der Waals surface area contributed by atoms with E-state index in [9.17, 15) is 23.1 Å². The number of fused-ring (bicyclic) bond motifs is 1. The van der Waals surface area contributed by atoms with E-state index in [1.807, 2.05) is 4.90 Å². The average Bonchev–Trinajstić information content (AvgIpc) is 2.70. The number of anilines is 3. The number of hydrogen-bond donors (Lipinski definition) is 2. The normalized spacial score (nSPS) is 15.6. The molecule has 0 amide bonds. The highest BCUT2D eigenvalue weighted by molar-refractivity contribution is 5.91. The van der Waals surface area contributed by atoms with E-state index >= 15 is 0 Å². The highest BCUT2D eigenvalue weighted by atomic mass is 19.4. The third-order valence-electron chi connectivity index (χ3n) is 5.12. The molecule has 0 spiro atoms. The number of halogens is 3. The number of aromatic nitrogens is 3. The molecule has 1 aliphatic rings. The summed E-state index contributed by atoms with van der Waals surface area (Å²) in [5.41, 5.74) is -0.606. The zero-order valence-corrected chi connectivity index (χ0v) is 16.1. The first-order valence-corrected chi connectivity index (χ1v) is 9.47. The van der Waals surface area contributed by atoms with Crippen LogP contribution in [0, 0.1) is 0 Å². The van der Waals surface area contributed by atoms with Crippen molar-refractivity contribution in [3.63, 3.8) is 0 Å². The minimum atomic E-state index is -4.48. The fraction of sp³-hybridized carbons (Fsp3) is 0.350. The van der Waals surface area contributed by atoms with Gasteiger partial charge in [-0.1, -0.05) is 6.07 Å². The Kier molecular flexibility index (Phi) is 5.10. The quantitative estimate of drug-likeness (QED) is 0.679. The number of aliphatic hydroxyl groups excluding tert-OH is 1. The smallest absolute Gasteiger partial charge is 0.393 e. The molecule has 0 atom stereocenters. The second kappa shape index (κ2) is 7.60. The molecule has 0 aliphatic carbocycles. The van der Waals surface area contributed by atoms with Gasteiger partial charge in [0.1, 0.15) is 11.2 Å². The van der Waals surface area contributed by atoms with Crippen LogP contribution in [0.5, 0.6) is 0 Å². The largest absolute Gasteiger partial charge is 0.416 e. The number of benzene rings is 1. The Morgan fingerprint density at radius 1 is 1.17 bits per heavy atom. The van der Waals surface area contributed by atoms with Gasteiger partial charge in [-0.25, -0.2) is 4.98 Å². The molecule has 1 aliphatic heterocycles. The van der Waals surface area contributed by atoms with Crippen LogP contribution in [0.3, 0.4) is 0 Å². The standard InChI is InChI=1S/C20H20F3N5O2/c1-27-8-7-15-16(18(27)30)17(24-13-4-2-3-12(11-13)20(21,22)23)26-19(25-15)28-9-5-14(29)6-10-28/h2-4,7-8,11,14,29H,5-6,9-10H2,1H3,(H,24,25,26). The van der Waals surface area contributed by atoms with Crippen LogP contribution >= 0.6 is 0 Å². The lowest BCUT2D eigenvalue weighted by atomic mass is 10.1. The minimum Gasteiger partial charge on any atom is -0.393 e. The van der Waals surface area contributed by atoms with E-state index in [0.717, 1.165) is 12.1 Å². The van der Waals surface area contributed by atoms with E-state index in [2.05, 4.69) is 15.3 Å². The Balaban J connectivity index is 1.81.